The molecule has 0 saturated heterocycles. The lowest BCUT2D eigenvalue weighted by Gasteiger charge is -2.15. The van der Waals surface area contributed by atoms with Crippen molar-refractivity contribution < 1.29 is 17.2 Å². The minimum absolute atomic E-state index is 0.0996. The largest absolute Gasteiger partial charge is 0.398 e. The summed E-state index contributed by atoms with van der Waals surface area (Å²) in [5.41, 5.74) is 8.06. The van der Waals surface area contributed by atoms with E-state index in [9.17, 15) is 17.2 Å². The second-order valence-electron chi connectivity index (χ2n) is 5.86. The van der Waals surface area contributed by atoms with Crippen LogP contribution in [0.2, 0.25) is 0 Å². The molecule has 6 nitrogen and oxygen atoms in total. The number of hydrogen-bond acceptors (Lipinski definition) is 5. The Hall–Kier alpha value is -2.78. The van der Waals surface area contributed by atoms with Crippen molar-refractivity contribution in [2.45, 2.75) is 0 Å². The summed E-state index contributed by atoms with van der Waals surface area (Å²) in [5.74, 6) is -1.26. The van der Waals surface area contributed by atoms with Gasteiger partial charge in [0.15, 0.2) is 0 Å². The molecule has 4 N–H and O–H groups in total. The molecule has 0 atom stereocenters. The Morgan fingerprint density at radius 1 is 1.21 bits per heavy atom. The molecule has 0 radical (unpaired) electrons. The fourth-order valence-electron chi connectivity index (χ4n) is 2.49. The van der Waals surface area contributed by atoms with Crippen molar-refractivity contribution in [2.75, 3.05) is 31.7 Å². The third-order valence-corrected chi connectivity index (χ3v) is 5.33. The molecular formula is C19H22F2N4O2S. The summed E-state index contributed by atoms with van der Waals surface area (Å²) in [6.45, 7) is 0.138. The summed E-state index contributed by atoms with van der Waals surface area (Å²) in [4.78, 5) is 3.84. The van der Waals surface area contributed by atoms with Crippen LogP contribution in [-0.4, -0.2) is 41.0 Å². The van der Waals surface area contributed by atoms with Gasteiger partial charge in [0.1, 0.15) is 11.6 Å². The van der Waals surface area contributed by atoms with Gasteiger partial charge >= 0.3 is 0 Å². The minimum Gasteiger partial charge on any atom is -0.398 e. The number of nitrogens with one attached hydrogen (secondary N) is 2. The number of nitrogens with zero attached hydrogens (tertiary/aromatic N) is 1. The van der Waals surface area contributed by atoms with Crippen molar-refractivity contribution in [3.05, 3.63) is 59.7 Å². The van der Waals surface area contributed by atoms with E-state index in [4.69, 9.17) is 5.73 Å². The monoisotopic (exact) mass is 408 g/mol. The molecule has 0 spiro atoms. The van der Waals surface area contributed by atoms with Crippen LogP contribution in [0.3, 0.4) is 0 Å². The molecule has 2 rings (SSSR count). The highest BCUT2D eigenvalue weighted by Crippen LogP contribution is 2.30. The lowest BCUT2D eigenvalue weighted by molar-refractivity contribution is 0.588. The minimum atomic E-state index is -3.37. The van der Waals surface area contributed by atoms with Gasteiger partial charge in [-0.05, 0) is 49.0 Å². The van der Waals surface area contributed by atoms with Gasteiger partial charge < -0.3 is 11.1 Å². The number of nitrogens with two attached hydrogens (primary N) is 1. The second-order valence-corrected chi connectivity index (χ2v) is 7.91. The van der Waals surface area contributed by atoms with E-state index in [0.717, 1.165) is 18.2 Å². The Morgan fingerprint density at radius 3 is 2.64 bits per heavy atom. The Morgan fingerprint density at radius 2 is 1.96 bits per heavy atom. The maximum atomic E-state index is 14.1. The number of aliphatic imine (C=N–C) groups is 1. The van der Waals surface area contributed by atoms with Crippen molar-refractivity contribution >= 4 is 27.6 Å². The van der Waals surface area contributed by atoms with E-state index in [1.54, 1.807) is 31.3 Å². The third-order valence-electron chi connectivity index (χ3n) is 3.97. The van der Waals surface area contributed by atoms with E-state index in [1.165, 1.54) is 13.3 Å². The molecule has 0 aliphatic rings. The Kier molecular flexibility index (Phi) is 7.24. The molecule has 2 aromatic rings. The number of rotatable bonds is 8. The van der Waals surface area contributed by atoms with Crippen LogP contribution in [0.4, 0.5) is 14.5 Å². The zero-order valence-corrected chi connectivity index (χ0v) is 16.4. The van der Waals surface area contributed by atoms with Crippen LogP contribution < -0.4 is 15.8 Å². The number of allylic oxidation sites excluding steroid dienone is 1. The molecule has 0 bridgehead atoms. The van der Waals surface area contributed by atoms with Crippen LogP contribution in [0, 0.1) is 11.6 Å². The van der Waals surface area contributed by atoms with Crippen LogP contribution in [0.15, 0.2) is 47.5 Å². The van der Waals surface area contributed by atoms with E-state index in [0.29, 0.717) is 22.5 Å². The van der Waals surface area contributed by atoms with Crippen molar-refractivity contribution in [3.8, 4) is 11.1 Å². The number of anilines is 1. The van der Waals surface area contributed by atoms with Crippen molar-refractivity contribution in [1.82, 2.24) is 4.72 Å². The number of benzene rings is 2. The smallest absolute Gasteiger partial charge is 0.213 e. The second kappa shape index (κ2) is 9.43. The van der Waals surface area contributed by atoms with Gasteiger partial charge in [0.25, 0.3) is 0 Å². The molecule has 28 heavy (non-hydrogen) atoms. The van der Waals surface area contributed by atoms with Gasteiger partial charge in [-0.2, -0.15) is 0 Å². The van der Waals surface area contributed by atoms with Crippen LogP contribution in [0.25, 0.3) is 16.8 Å². The highest BCUT2D eigenvalue weighted by molar-refractivity contribution is 7.89. The fraction of sp³-hybridized carbons (Fsp3) is 0.211. The summed E-state index contributed by atoms with van der Waals surface area (Å²) in [5, 5.41) is 3.01. The summed E-state index contributed by atoms with van der Waals surface area (Å²) in [6, 6.07) is 8.07. The van der Waals surface area contributed by atoms with Crippen LogP contribution >= 0.6 is 0 Å². The molecule has 0 aliphatic heterocycles. The first kappa shape index (κ1) is 21.5. The number of hydrogen-bond donors (Lipinski definition) is 3. The lowest BCUT2D eigenvalue weighted by Crippen LogP contribution is -2.26. The van der Waals surface area contributed by atoms with Crippen LogP contribution in [0.1, 0.15) is 5.56 Å². The van der Waals surface area contributed by atoms with Crippen LogP contribution in [-0.2, 0) is 10.0 Å². The zero-order chi connectivity index (χ0) is 20.7. The molecule has 0 heterocycles. The maximum absolute atomic E-state index is 14.1. The first-order valence-electron chi connectivity index (χ1n) is 8.40. The Labute approximate surface area is 163 Å². The molecular weight excluding hydrogens is 386 g/mol. The predicted molar refractivity (Wildman–Crippen MR) is 110 cm³/mol. The van der Waals surface area contributed by atoms with E-state index < -0.39 is 21.7 Å². The molecule has 0 fully saturated rings. The lowest BCUT2D eigenvalue weighted by atomic mass is 9.99. The van der Waals surface area contributed by atoms with E-state index in [1.807, 2.05) is 0 Å². The number of sulfonamides is 1. The van der Waals surface area contributed by atoms with Crippen LogP contribution in [0.5, 0.6) is 0 Å². The summed E-state index contributed by atoms with van der Waals surface area (Å²) < 4.78 is 53.1. The Bertz CT molecular complexity index is 1000. The molecule has 9 heteroatoms. The molecule has 0 saturated carbocycles. The van der Waals surface area contributed by atoms with Gasteiger partial charge in [-0.25, -0.2) is 21.9 Å². The van der Waals surface area contributed by atoms with E-state index >= 15 is 0 Å². The molecule has 2 aromatic carbocycles. The first-order valence-corrected chi connectivity index (χ1v) is 10.1. The zero-order valence-electron chi connectivity index (χ0n) is 15.5. The average Bonchev–Trinajstić information content (AvgIpc) is 2.68. The van der Waals surface area contributed by atoms with E-state index in [2.05, 4.69) is 15.0 Å². The quantitative estimate of drug-likeness (QED) is 0.585. The predicted octanol–water partition coefficient (Wildman–Crippen LogP) is 2.59. The SMILES string of the molecule is CN=CC=C(N)c1cc(-c2cc(F)ccc2F)ccc1NCCS(=O)(=O)NC. The maximum Gasteiger partial charge on any atom is 0.213 e. The normalized spacial score (nSPS) is 12.5. The van der Waals surface area contributed by atoms with E-state index in [-0.39, 0.29) is 17.9 Å². The Balaban J connectivity index is 2.44. The standard InChI is InChI=1S/C19H22F2N4O2S/c1-23-8-7-18(22)16-11-13(15-12-14(20)4-5-17(15)21)3-6-19(16)25-9-10-28(26,27)24-2/h3-8,11-12,24-25H,9-10,22H2,1-2H3. The third kappa shape index (κ3) is 5.61. The van der Waals surface area contributed by atoms with Gasteiger partial charge in [-0.3, -0.25) is 4.99 Å². The molecule has 0 amide bonds. The van der Waals surface area contributed by atoms with Crippen molar-refractivity contribution in [2.24, 2.45) is 10.7 Å². The van der Waals surface area contributed by atoms with Gasteiger partial charge in [0.05, 0.1) is 5.75 Å². The van der Waals surface area contributed by atoms with Crippen molar-refractivity contribution in [1.29, 1.82) is 0 Å². The van der Waals surface area contributed by atoms with Gasteiger partial charge in [0.2, 0.25) is 10.0 Å². The molecule has 150 valence electrons. The van der Waals surface area contributed by atoms with Crippen molar-refractivity contribution in [3.63, 3.8) is 0 Å². The molecule has 0 aromatic heterocycles. The average molecular weight is 408 g/mol. The molecule has 0 unspecified atom stereocenters. The summed E-state index contributed by atoms with van der Waals surface area (Å²) >= 11 is 0. The highest BCUT2D eigenvalue weighted by Gasteiger charge is 2.13. The number of halogens is 2. The van der Waals surface area contributed by atoms with Gasteiger partial charge in [-0.1, -0.05) is 6.07 Å². The van der Waals surface area contributed by atoms with Gasteiger partial charge in [0, 0.05) is 42.3 Å². The summed E-state index contributed by atoms with van der Waals surface area (Å²) in [7, 11) is -0.441. The molecule has 0 aliphatic carbocycles. The highest BCUT2D eigenvalue weighted by atomic mass is 32.2. The van der Waals surface area contributed by atoms with Gasteiger partial charge in [-0.15, -0.1) is 0 Å². The fourth-order valence-corrected chi connectivity index (χ4v) is 3.07. The summed E-state index contributed by atoms with van der Waals surface area (Å²) in [6.07, 6.45) is 3.07. The first-order chi connectivity index (χ1) is 13.3. The topological polar surface area (TPSA) is 96.6 Å².